The molecule has 26 heavy (non-hydrogen) atoms. The van der Waals surface area contributed by atoms with Crippen molar-refractivity contribution in [3.63, 3.8) is 0 Å². The molecular weight excluding hydrogens is 371 g/mol. The molecule has 0 saturated heterocycles. The number of cyclic esters (lactones) is 1. The average Bonchev–Trinajstić information content (AvgIpc) is 2.95. The average molecular weight is 382 g/mol. The van der Waals surface area contributed by atoms with Gasteiger partial charge in [0, 0.05) is 5.02 Å². The molecule has 0 radical (unpaired) electrons. The SMILES string of the molecule is COc1ccc(Cl)cc1C1=NC(=Cc2cccc(C(F)(F)F)c2)C(=O)O1. The van der Waals surface area contributed by atoms with Gasteiger partial charge in [0.1, 0.15) is 5.75 Å². The topological polar surface area (TPSA) is 47.9 Å². The summed E-state index contributed by atoms with van der Waals surface area (Å²) in [7, 11) is 1.43. The Hall–Kier alpha value is -2.80. The van der Waals surface area contributed by atoms with E-state index in [1.807, 2.05) is 0 Å². The van der Waals surface area contributed by atoms with Crippen molar-refractivity contribution >= 4 is 29.5 Å². The smallest absolute Gasteiger partial charge is 0.416 e. The number of benzene rings is 2. The standard InChI is InChI=1S/C18H11ClF3NO3/c1-25-15-6-5-12(19)9-13(15)16-23-14(17(24)26-16)8-10-3-2-4-11(7-10)18(20,21)22/h2-9H,1H3. The van der Waals surface area contributed by atoms with Crippen molar-refractivity contribution in [2.45, 2.75) is 6.18 Å². The molecule has 0 atom stereocenters. The van der Waals surface area contributed by atoms with Gasteiger partial charge < -0.3 is 9.47 Å². The Bertz CT molecular complexity index is 936. The van der Waals surface area contributed by atoms with Crippen LogP contribution in [-0.2, 0) is 15.7 Å². The molecule has 2 aromatic rings. The van der Waals surface area contributed by atoms with Crippen molar-refractivity contribution in [2.24, 2.45) is 4.99 Å². The van der Waals surface area contributed by atoms with Gasteiger partial charge in [-0.05, 0) is 42.0 Å². The van der Waals surface area contributed by atoms with E-state index in [0.717, 1.165) is 12.1 Å². The molecule has 4 nitrogen and oxygen atoms in total. The Morgan fingerprint density at radius 2 is 1.96 bits per heavy atom. The number of carbonyl (C=O) groups is 1. The summed E-state index contributed by atoms with van der Waals surface area (Å²) >= 11 is 5.94. The fourth-order valence-corrected chi connectivity index (χ4v) is 2.51. The predicted octanol–water partition coefficient (Wildman–Crippen LogP) is 4.71. The second kappa shape index (κ2) is 6.84. The summed E-state index contributed by atoms with van der Waals surface area (Å²) in [6, 6.07) is 9.25. The third-order valence-corrected chi connectivity index (χ3v) is 3.76. The normalized spacial score (nSPS) is 15.8. The second-order valence-corrected chi connectivity index (χ2v) is 5.74. The maximum absolute atomic E-state index is 12.8. The van der Waals surface area contributed by atoms with Crippen molar-refractivity contribution in [3.05, 3.63) is 69.9 Å². The van der Waals surface area contributed by atoms with Crippen LogP contribution in [0.5, 0.6) is 5.75 Å². The zero-order valence-corrected chi connectivity index (χ0v) is 14.1. The number of aliphatic imine (C=N–C) groups is 1. The Morgan fingerprint density at radius 1 is 1.19 bits per heavy atom. The van der Waals surface area contributed by atoms with Crippen LogP contribution < -0.4 is 4.74 Å². The third-order valence-electron chi connectivity index (χ3n) is 3.53. The largest absolute Gasteiger partial charge is 0.496 e. The van der Waals surface area contributed by atoms with Gasteiger partial charge >= 0.3 is 12.1 Å². The van der Waals surface area contributed by atoms with Crippen molar-refractivity contribution < 1.29 is 27.4 Å². The van der Waals surface area contributed by atoms with Gasteiger partial charge in [-0.15, -0.1) is 0 Å². The molecule has 0 saturated carbocycles. The summed E-state index contributed by atoms with van der Waals surface area (Å²) in [4.78, 5) is 16.1. The second-order valence-electron chi connectivity index (χ2n) is 5.30. The van der Waals surface area contributed by atoms with Crippen LogP contribution in [0.15, 0.2) is 53.2 Å². The van der Waals surface area contributed by atoms with Crippen molar-refractivity contribution in [2.75, 3.05) is 7.11 Å². The lowest BCUT2D eigenvalue weighted by Gasteiger charge is -2.07. The van der Waals surface area contributed by atoms with Gasteiger partial charge in [-0.1, -0.05) is 23.7 Å². The van der Waals surface area contributed by atoms with Crippen LogP contribution in [0.3, 0.4) is 0 Å². The predicted molar refractivity (Wildman–Crippen MR) is 90.1 cm³/mol. The van der Waals surface area contributed by atoms with Gasteiger partial charge in [0.15, 0.2) is 5.70 Å². The third kappa shape index (κ3) is 3.72. The molecule has 0 aliphatic carbocycles. The van der Waals surface area contributed by atoms with Gasteiger partial charge in [-0.3, -0.25) is 0 Å². The molecule has 1 heterocycles. The zero-order chi connectivity index (χ0) is 18.9. The van der Waals surface area contributed by atoms with Crippen LogP contribution in [0.2, 0.25) is 5.02 Å². The highest BCUT2D eigenvalue weighted by Crippen LogP contribution is 2.31. The van der Waals surface area contributed by atoms with Gasteiger partial charge in [0.05, 0.1) is 18.2 Å². The maximum atomic E-state index is 12.8. The summed E-state index contributed by atoms with van der Waals surface area (Å²) in [5.74, 6) is -0.423. The monoisotopic (exact) mass is 381 g/mol. The number of halogens is 4. The van der Waals surface area contributed by atoms with Crippen molar-refractivity contribution in [1.82, 2.24) is 0 Å². The van der Waals surface area contributed by atoms with Crippen LogP contribution in [0, 0.1) is 0 Å². The Morgan fingerprint density at radius 3 is 2.65 bits per heavy atom. The molecule has 0 unspecified atom stereocenters. The summed E-state index contributed by atoms with van der Waals surface area (Å²) in [5, 5.41) is 0.384. The van der Waals surface area contributed by atoms with E-state index in [1.54, 1.807) is 12.1 Å². The minimum atomic E-state index is -4.48. The number of methoxy groups -OCH3 is 1. The number of nitrogens with zero attached hydrogens (tertiary/aromatic N) is 1. The molecule has 134 valence electrons. The molecule has 0 bridgehead atoms. The lowest BCUT2D eigenvalue weighted by molar-refractivity contribution is -0.137. The molecule has 0 amide bonds. The highest BCUT2D eigenvalue weighted by atomic mass is 35.5. The van der Waals surface area contributed by atoms with E-state index in [9.17, 15) is 18.0 Å². The molecule has 3 rings (SSSR count). The van der Waals surface area contributed by atoms with E-state index < -0.39 is 17.7 Å². The molecule has 1 aliphatic rings. The minimum Gasteiger partial charge on any atom is -0.496 e. The van der Waals surface area contributed by atoms with Crippen LogP contribution in [0.25, 0.3) is 6.08 Å². The van der Waals surface area contributed by atoms with Crippen LogP contribution in [0.4, 0.5) is 13.2 Å². The molecule has 0 spiro atoms. The Balaban J connectivity index is 1.99. The van der Waals surface area contributed by atoms with Crippen LogP contribution in [0.1, 0.15) is 16.7 Å². The lowest BCUT2D eigenvalue weighted by atomic mass is 10.1. The lowest BCUT2D eigenvalue weighted by Crippen LogP contribution is -2.07. The first-order chi connectivity index (χ1) is 12.3. The van der Waals surface area contributed by atoms with Gasteiger partial charge in [-0.25, -0.2) is 9.79 Å². The summed E-state index contributed by atoms with van der Waals surface area (Å²) in [6.45, 7) is 0. The molecule has 1 aliphatic heterocycles. The van der Waals surface area contributed by atoms with Gasteiger partial charge in [-0.2, -0.15) is 13.2 Å². The Kier molecular flexibility index (Phi) is 4.73. The van der Waals surface area contributed by atoms with Gasteiger partial charge in [0.25, 0.3) is 0 Å². The number of carbonyl (C=O) groups excluding carboxylic acids is 1. The van der Waals surface area contributed by atoms with E-state index >= 15 is 0 Å². The molecule has 8 heteroatoms. The van der Waals surface area contributed by atoms with Crippen LogP contribution in [-0.4, -0.2) is 19.0 Å². The number of esters is 1. The van der Waals surface area contributed by atoms with E-state index in [1.165, 1.54) is 31.4 Å². The van der Waals surface area contributed by atoms with Gasteiger partial charge in [0.2, 0.25) is 5.90 Å². The first-order valence-corrected chi connectivity index (χ1v) is 7.69. The number of alkyl halides is 3. The molecule has 2 aromatic carbocycles. The molecular formula is C18H11ClF3NO3. The van der Waals surface area contributed by atoms with Crippen molar-refractivity contribution in [3.8, 4) is 5.75 Å². The quantitative estimate of drug-likeness (QED) is 0.571. The Labute approximate surface area is 151 Å². The first-order valence-electron chi connectivity index (χ1n) is 7.31. The summed E-state index contributed by atoms with van der Waals surface area (Å²) in [5.41, 5.74) is -0.407. The molecule has 0 aromatic heterocycles. The number of ether oxygens (including phenoxy) is 2. The number of rotatable bonds is 3. The van der Waals surface area contributed by atoms with E-state index in [2.05, 4.69) is 4.99 Å². The highest BCUT2D eigenvalue weighted by molar-refractivity contribution is 6.31. The fourth-order valence-electron chi connectivity index (χ4n) is 2.33. The zero-order valence-electron chi connectivity index (χ0n) is 13.3. The van der Waals surface area contributed by atoms with E-state index in [0.29, 0.717) is 16.3 Å². The molecule has 0 fully saturated rings. The van der Waals surface area contributed by atoms with E-state index in [-0.39, 0.29) is 17.2 Å². The summed E-state index contributed by atoms with van der Waals surface area (Å²) < 4.78 is 48.7. The first kappa shape index (κ1) is 18.0. The minimum absolute atomic E-state index is 0.0347. The number of hydrogen-bond donors (Lipinski definition) is 0. The maximum Gasteiger partial charge on any atom is 0.416 e. The molecule has 0 N–H and O–H groups in total. The summed E-state index contributed by atoms with van der Waals surface area (Å²) in [6.07, 6.45) is -3.26. The van der Waals surface area contributed by atoms with Crippen molar-refractivity contribution in [1.29, 1.82) is 0 Å². The van der Waals surface area contributed by atoms with Crippen LogP contribution >= 0.6 is 11.6 Å². The highest BCUT2D eigenvalue weighted by Gasteiger charge is 2.31. The number of hydrogen-bond acceptors (Lipinski definition) is 4. The fraction of sp³-hybridized carbons (Fsp3) is 0.111. The van der Waals surface area contributed by atoms with E-state index in [4.69, 9.17) is 21.1 Å².